The molecule has 2 rings (SSSR count). The van der Waals surface area contributed by atoms with Gasteiger partial charge in [0.15, 0.2) is 5.69 Å². The highest BCUT2D eigenvalue weighted by atomic mass is 35.5. The summed E-state index contributed by atoms with van der Waals surface area (Å²) < 4.78 is 1.61. The number of nitrogens with zero attached hydrogens (tertiary/aromatic N) is 4. The third-order valence-corrected chi connectivity index (χ3v) is 1.98. The molecule has 0 aliphatic rings. The van der Waals surface area contributed by atoms with Gasteiger partial charge in [0.2, 0.25) is 0 Å². The number of fused-ring (bicyclic) bond motifs is 1. The molecule has 5 heteroatoms. The third-order valence-electron chi connectivity index (χ3n) is 1.77. The fourth-order valence-corrected chi connectivity index (χ4v) is 1.34. The van der Waals surface area contributed by atoms with Crippen molar-refractivity contribution >= 4 is 22.6 Å². The van der Waals surface area contributed by atoms with Gasteiger partial charge in [-0.3, -0.25) is 4.68 Å². The van der Waals surface area contributed by atoms with Crippen molar-refractivity contribution < 1.29 is 0 Å². The van der Waals surface area contributed by atoms with Gasteiger partial charge in [-0.1, -0.05) is 11.6 Å². The maximum absolute atomic E-state index is 8.73. The van der Waals surface area contributed by atoms with Crippen molar-refractivity contribution in [2.24, 2.45) is 7.05 Å². The molecule has 0 spiro atoms. The summed E-state index contributed by atoms with van der Waals surface area (Å²) in [4.78, 5) is 4.03. The van der Waals surface area contributed by atoms with E-state index in [4.69, 9.17) is 16.9 Å². The maximum atomic E-state index is 8.73. The minimum Gasteiger partial charge on any atom is -0.265 e. The minimum absolute atomic E-state index is 0.306. The Labute approximate surface area is 79.4 Å². The smallest absolute Gasteiger partial charge is 0.188 e. The summed E-state index contributed by atoms with van der Waals surface area (Å²) in [6.07, 6.45) is 0. The fourth-order valence-electron chi connectivity index (χ4n) is 1.19. The van der Waals surface area contributed by atoms with Gasteiger partial charge in [0.05, 0.1) is 5.52 Å². The predicted molar refractivity (Wildman–Crippen MR) is 48.2 cm³/mol. The van der Waals surface area contributed by atoms with Crippen molar-refractivity contribution in [3.8, 4) is 6.07 Å². The van der Waals surface area contributed by atoms with E-state index in [-0.39, 0.29) is 0 Å². The topological polar surface area (TPSA) is 54.5 Å². The number of hydrogen-bond donors (Lipinski definition) is 0. The Morgan fingerprint density at radius 2 is 2.31 bits per heavy atom. The molecule has 0 bridgehead atoms. The van der Waals surface area contributed by atoms with Crippen LogP contribution in [0.25, 0.3) is 11.0 Å². The first-order valence-corrected chi connectivity index (χ1v) is 3.99. The second-order valence-corrected chi connectivity index (χ2v) is 2.97. The highest BCUT2D eigenvalue weighted by Gasteiger charge is 2.08. The van der Waals surface area contributed by atoms with E-state index in [1.54, 1.807) is 23.9 Å². The summed E-state index contributed by atoms with van der Waals surface area (Å²) in [6, 6.07) is 5.43. The van der Waals surface area contributed by atoms with Gasteiger partial charge in [-0.25, -0.2) is 4.98 Å². The van der Waals surface area contributed by atoms with Gasteiger partial charge in [0, 0.05) is 7.05 Å². The van der Waals surface area contributed by atoms with Gasteiger partial charge in [-0.05, 0) is 12.1 Å². The lowest BCUT2D eigenvalue weighted by Crippen LogP contribution is -1.89. The number of pyridine rings is 1. The molecule has 0 aromatic carbocycles. The molecule has 0 N–H and O–H groups in total. The summed E-state index contributed by atoms with van der Waals surface area (Å²) in [5.41, 5.74) is 1.67. The fraction of sp³-hybridized carbons (Fsp3) is 0.125. The van der Waals surface area contributed by atoms with Crippen molar-refractivity contribution in [2.75, 3.05) is 0 Å². The van der Waals surface area contributed by atoms with Crippen LogP contribution in [0, 0.1) is 11.3 Å². The Balaban J connectivity index is 2.91. The van der Waals surface area contributed by atoms with E-state index in [9.17, 15) is 0 Å². The summed E-state index contributed by atoms with van der Waals surface area (Å²) in [5.74, 6) is 0. The Morgan fingerprint density at radius 3 is 3.00 bits per heavy atom. The Bertz CT molecular complexity index is 509. The van der Waals surface area contributed by atoms with E-state index in [0.29, 0.717) is 16.4 Å². The number of nitriles is 1. The van der Waals surface area contributed by atoms with Crippen LogP contribution < -0.4 is 0 Å². The van der Waals surface area contributed by atoms with E-state index in [2.05, 4.69) is 10.1 Å². The molecule has 64 valence electrons. The Kier molecular flexibility index (Phi) is 1.67. The molecule has 0 unspecified atom stereocenters. The van der Waals surface area contributed by atoms with Crippen LogP contribution in [0.2, 0.25) is 5.15 Å². The first-order valence-electron chi connectivity index (χ1n) is 3.61. The first kappa shape index (κ1) is 8.02. The molecule has 0 aliphatic carbocycles. The molecule has 0 amide bonds. The number of hydrogen-bond acceptors (Lipinski definition) is 3. The highest BCUT2D eigenvalue weighted by Crippen LogP contribution is 2.17. The number of rotatable bonds is 0. The normalized spacial score (nSPS) is 10.2. The van der Waals surface area contributed by atoms with Crippen LogP contribution in [0.1, 0.15) is 5.69 Å². The van der Waals surface area contributed by atoms with Gasteiger partial charge in [0.1, 0.15) is 16.7 Å². The molecular formula is C8H5ClN4. The summed E-state index contributed by atoms with van der Waals surface area (Å²) in [6.45, 7) is 0. The zero-order valence-electron chi connectivity index (χ0n) is 6.82. The average Bonchev–Trinajstić information content (AvgIpc) is 2.42. The zero-order chi connectivity index (χ0) is 9.42. The highest BCUT2D eigenvalue weighted by molar-refractivity contribution is 6.29. The Hall–Kier alpha value is -1.60. The van der Waals surface area contributed by atoms with Crippen molar-refractivity contribution in [2.45, 2.75) is 0 Å². The van der Waals surface area contributed by atoms with Crippen LogP contribution in [0.15, 0.2) is 12.1 Å². The van der Waals surface area contributed by atoms with Gasteiger partial charge in [-0.15, -0.1) is 0 Å². The second kappa shape index (κ2) is 2.71. The molecule has 0 aliphatic heterocycles. The lowest BCUT2D eigenvalue weighted by Gasteiger charge is -1.91. The number of aromatic nitrogens is 3. The minimum atomic E-state index is 0.306. The van der Waals surface area contributed by atoms with Crippen LogP contribution in [0.3, 0.4) is 0 Å². The zero-order valence-corrected chi connectivity index (χ0v) is 7.58. The number of halogens is 1. The van der Waals surface area contributed by atoms with Crippen molar-refractivity contribution in [3.63, 3.8) is 0 Å². The van der Waals surface area contributed by atoms with E-state index in [1.807, 2.05) is 6.07 Å². The molecule has 0 saturated heterocycles. The lowest BCUT2D eigenvalue weighted by atomic mass is 10.3. The van der Waals surface area contributed by atoms with Crippen LogP contribution in [0.4, 0.5) is 0 Å². The SMILES string of the molecule is Cn1nc(C#N)c2nc(Cl)ccc21. The molecular weight excluding hydrogens is 188 g/mol. The molecule has 4 nitrogen and oxygen atoms in total. The van der Waals surface area contributed by atoms with E-state index in [0.717, 1.165) is 5.52 Å². The van der Waals surface area contributed by atoms with Crippen molar-refractivity contribution in [1.82, 2.24) is 14.8 Å². The molecule has 2 aromatic heterocycles. The molecule has 0 atom stereocenters. The molecule has 0 fully saturated rings. The maximum Gasteiger partial charge on any atom is 0.188 e. The number of aryl methyl sites for hydroxylation is 1. The van der Waals surface area contributed by atoms with Crippen LogP contribution in [-0.2, 0) is 7.05 Å². The van der Waals surface area contributed by atoms with E-state index in [1.165, 1.54) is 0 Å². The summed E-state index contributed by atoms with van der Waals surface area (Å²) in [5, 5.41) is 13.1. The molecule has 2 aromatic rings. The first-order chi connectivity index (χ1) is 6.22. The second-order valence-electron chi connectivity index (χ2n) is 2.59. The standard InChI is InChI=1S/C8H5ClN4/c1-13-6-2-3-7(9)11-8(6)5(4-10)12-13/h2-3H,1H3. The van der Waals surface area contributed by atoms with Gasteiger partial charge >= 0.3 is 0 Å². The van der Waals surface area contributed by atoms with Gasteiger partial charge in [-0.2, -0.15) is 10.4 Å². The van der Waals surface area contributed by atoms with Crippen molar-refractivity contribution in [1.29, 1.82) is 5.26 Å². The summed E-state index contributed by atoms with van der Waals surface area (Å²) in [7, 11) is 1.76. The van der Waals surface area contributed by atoms with Crippen LogP contribution >= 0.6 is 11.6 Å². The van der Waals surface area contributed by atoms with Crippen LogP contribution in [0.5, 0.6) is 0 Å². The van der Waals surface area contributed by atoms with E-state index >= 15 is 0 Å². The van der Waals surface area contributed by atoms with Crippen molar-refractivity contribution in [3.05, 3.63) is 23.0 Å². The van der Waals surface area contributed by atoms with Gasteiger partial charge in [0.25, 0.3) is 0 Å². The van der Waals surface area contributed by atoms with Gasteiger partial charge < -0.3 is 0 Å². The lowest BCUT2D eigenvalue weighted by molar-refractivity contribution is 0.791. The van der Waals surface area contributed by atoms with E-state index < -0.39 is 0 Å². The molecule has 13 heavy (non-hydrogen) atoms. The van der Waals surface area contributed by atoms with Crippen LogP contribution in [-0.4, -0.2) is 14.8 Å². The predicted octanol–water partition coefficient (Wildman–Crippen LogP) is 1.49. The Morgan fingerprint density at radius 1 is 1.54 bits per heavy atom. The quantitative estimate of drug-likeness (QED) is 0.595. The largest absolute Gasteiger partial charge is 0.265 e. The third kappa shape index (κ3) is 1.14. The molecule has 0 saturated carbocycles. The molecule has 0 radical (unpaired) electrons. The summed E-state index contributed by atoms with van der Waals surface area (Å²) >= 11 is 5.70. The molecule has 2 heterocycles. The average molecular weight is 193 g/mol. The monoisotopic (exact) mass is 192 g/mol.